The molecule has 1 spiro atoms. The van der Waals surface area contributed by atoms with Crippen molar-refractivity contribution in [3.05, 3.63) is 59.4 Å². The highest BCUT2D eigenvalue weighted by molar-refractivity contribution is 5.92. The van der Waals surface area contributed by atoms with E-state index in [0.717, 1.165) is 41.0 Å². The Kier molecular flexibility index (Phi) is 4.22. The number of hydrogen-bond donors (Lipinski definition) is 0. The maximum atomic E-state index is 9.60. The summed E-state index contributed by atoms with van der Waals surface area (Å²) in [5.74, 6) is 1.51. The number of fused-ring (bicyclic) bond motifs is 1. The molecule has 0 N–H and O–H groups in total. The minimum atomic E-state index is -0.203. The van der Waals surface area contributed by atoms with Crippen molar-refractivity contribution < 1.29 is 9.47 Å². The van der Waals surface area contributed by atoms with Gasteiger partial charge in [-0.25, -0.2) is 0 Å². The lowest BCUT2D eigenvalue weighted by Gasteiger charge is -2.32. The highest BCUT2D eigenvalue weighted by Gasteiger charge is 2.37. The first-order chi connectivity index (χ1) is 12.7. The van der Waals surface area contributed by atoms with Gasteiger partial charge in [-0.15, -0.1) is 0 Å². The molecule has 1 fully saturated rings. The molecular weight excluding hydrogens is 324 g/mol. The first-order valence-corrected chi connectivity index (χ1v) is 8.86. The summed E-state index contributed by atoms with van der Waals surface area (Å²) in [6.45, 7) is 0. The van der Waals surface area contributed by atoms with Crippen LogP contribution in [0.15, 0.2) is 42.7 Å². The van der Waals surface area contributed by atoms with Crippen LogP contribution in [0, 0.1) is 11.3 Å². The molecule has 0 atom stereocenters. The minimum absolute atomic E-state index is 0.203. The van der Waals surface area contributed by atoms with Gasteiger partial charge in [0.1, 0.15) is 5.60 Å². The maximum absolute atomic E-state index is 9.60. The van der Waals surface area contributed by atoms with Gasteiger partial charge < -0.3 is 9.47 Å². The van der Waals surface area contributed by atoms with Crippen LogP contribution in [0.1, 0.15) is 42.4 Å². The van der Waals surface area contributed by atoms with Crippen molar-refractivity contribution >= 4 is 17.7 Å². The van der Waals surface area contributed by atoms with Gasteiger partial charge in [0.15, 0.2) is 11.5 Å². The molecule has 130 valence electrons. The lowest BCUT2D eigenvalue weighted by Crippen LogP contribution is -2.32. The molecule has 1 aromatic carbocycles. The molecule has 1 aromatic heterocycles. The van der Waals surface area contributed by atoms with Crippen LogP contribution in [-0.2, 0) is 0 Å². The Morgan fingerprint density at radius 2 is 2.00 bits per heavy atom. The summed E-state index contributed by atoms with van der Waals surface area (Å²) in [5, 5.41) is 9.60. The fourth-order valence-electron chi connectivity index (χ4n) is 3.74. The zero-order valence-electron chi connectivity index (χ0n) is 14.7. The van der Waals surface area contributed by atoms with E-state index in [-0.39, 0.29) is 5.60 Å². The summed E-state index contributed by atoms with van der Waals surface area (Å²) in [4.78, 5) is 4.02. The maximum Gasteiger partial charge on any atom is 0.170 e. The van der Waals surface area contributed by atoms with E-state index >= 15 is 0 Å². The Balaban J connectivity index is 1.80. The Labute approximate surface area is 153 Å². The van der Waals surface area contributed by atoms with E-state index in [9.17, 15) is 5.26 Å². The zero-order chi connectivity index (χ0) is 18.0. The number of rotatable bonds is 3. The van der Waals surface area contributed by atoms with E-state index in [1.807, 2.05) is 30.3 Å². The molecule has 1 saturated carbocycles. The Morgan fingerprint density at radius 1 is 1.23 bits per heavy atom. The summed E-state index contributed by atoms with van der Waals surface area (Å²) < 4.78 is 12.0. The second-order valence-corrected chi connectivity index (χ2v) is 6.71. The van der Waals surface area contributed by atoms with Crippen molar-refractivity contribution in [3.63, 3.8) is 0 Å². The highest BCUT2D eigenvalue weighted by atomic mass is 16.5. The predicted octanol–water partition coefficient (Wildman–Crippen LogP) is 4.87. The number of ether oxygens (including phenoxy) is 2. The molecule has 0 amide bonds. The predicted molar refractivity (Wildman–Crippen MR) is 102 cm³/mol. The molecule has 26 heavy (non-hydrogen) atoms. The molecule has 2 heterocycles. The summed E-state index contributed by atoms with van der Waals surface area (Å²) in [6, 6.07) is 9.84. The van der Waals surface area contributed by atoms with E-state index in [1.165, 1.54) is 12.8 Å². The molecule has 0 bridgehead atoms. The molecule has 4 nitrogen and oxygen atoms in total. The molecule has 0 saturated heterocycles. The van der Waals surface area contributed by atoms with Crippen molar-refractivity contribution in [3.8, 4) is 17.6 Å². The van der Waals surface area contributed by atoms with Gasteiger partial charge in [0.05, 0.1) is 18.8 Å². The largest absolute Gasteiger partial charge is 0.493 e. The lowest BCUT2D eigenvalue weighted by molar-refractivity contribution is 0.120. The van der Waals surface area contributed by atoms with E-state index in [4.69, 9.17) is 9.47 Å². The molecule has 0 radical (unpaired) electrons. The van der Waals surface area contributed by atoms with Crippen molar-refractivity contribution in [1.82, 2.24) is 4.98 Å². The fraction of sp³-hybridized carbons (Fsp3) is 0.273. The second kappa shape index (κ2) is 6.68. The summed E-state index contributed by atoms with van der Waals surface area (Å²) in [7, 11) is 1.66. The van der Waals surface area contributed by atoms with Gasteiger partial charge in [0, 0.05) is 18.0 Å². The van der Waals surface area contributed by atoms with Gasteiger partial charge >= 0.3 is 0 Å². The molecule has 1 aliphatic heterocycles. The van der Waals surface area contributed by atoms with Crippen LogP contribution in [0.5, 0.6) is 11.5 Å². The average molecular weight is 344 g/mol. The molecule has 2 aromatic rings. The standard InChI is InChI=1S/C22H20N2O2/c1-25-20-5-4-17(14-18(15-23)16-7-12-24-13-8-16)19-6-11-22(26-21(19)20)9-2-3-10-22/h4-8,11-14H,2-3,9-10H2,1H3/b18-14+. The number of allylic oxidation sites excluding steroid dienone is 1. The number of methoxy groups -OCH3 is 1. The van der Waals surface area contributed by atoms with E-state index in [2.05, 4.69) is 23.2 Å². The smallest absolute Gasteiger partial charge is 0.170 e. The van der Waals surface area contributed by atoms with Gasteiger partial charge in [0.25, 0.3) is 0 Å². The molecule has 4 heteroatoms. The molecule has 1 aliphatic carbocycles. The number of pyridine rings is 1. The van der Waals surface area contributed by atoms with Crippen LogP contribution in [0.4, 0.5) is 0 Å². The highest BCUT2D eigenvalue weighted by Crippen LogP contribution is 2.46. The fourth-order valence-corrected chi connectivity index (χ4v) is 3.74. The quantitative estimate of drug-likeness (QED) is 0.745. The monoisotopic (exact) mass is 344 g/mol. The van der Waals surface area contributed by atoms with Crippen LogP contribution in [0.3, 0.4) is 0 Å². The summed E-state index contributed by atoms with van der Waals surface area (Å²) in [5.41, 5.74) is 3.14. The molecule has 4 rings (SSSR count). The number of benzene rings is 1. The molecular formula is C22H20N2O2. The summed E-state index contributed by atoms with van der Waals surface area (Å²) in [6.07, 6.45) is 14.0. The number of hydrogen-bond acceptors (Lipinski definition) is 4. The lowest BCUT2D eigenvalue weighted by atomic mass is 9.93. The minimum Gasteiger partial charge on any atom is -0.493 e. The van der Waals surface area contributed by atoms with Crippen LogP contribution >= 0.6 is 0 Å². The average Bonchev–Trinajstić information content (AvgIpc) is 3.14. The van der Waals surface area contributed by atoms with Crippen LogP contribution in [0.2, 0.25) is 0 Å². The van der Waals surface area contributed by atoms with Crippen LogP contribution in [-0.4, -0.2) is 17.7 Å². The third-order valence-electron chi connectivity index (χ3n) is 5.13. The van der Waals surface area contributed by atoms with E-state index in [1.54, 1.807) is 19.5 Å². The SMILES string of the molecule is COc1ccc(/C=C(\C#N)c2ccncc2)c2c1OC1(C=C2)CCCC1. The Morgan fingerprint density at radius 3 is 2.69 bits per heavy atom. The van der Waals surface area contributed by atoms with Crippen molar-refractivity contribution in [2.24, 2.45) is 0 Å². The van der Waals surface area contributed by atoms with E-state index in [0.29, 0.717) is 5.57 Å². The van der Waals surface area contributed by atoms with Crippen molar-refractivity contribution in [2.75, 3.05) is 7.11 Å². The van der Waals surface area contributed by atoms with Gasteiger partial charge in [-0.05, 0) is 67.2 Å². The number of nitrogens with zero attached hydrogens (tertiary/aromatic N) is 2. The number of nitriles is 1. The van der Waals surface area contributed by atoms with Gasteiger partial charge in [0.2, 0.25) is 0 Å². The van der Waals surface area contributed by atoms with E-state index < -0.39 is 0 Å². The zero-order valence-corrected chi connectivity index (χ0v) is 14.7. The Bertz CT molecular complexity index is 917. The van der Waals surface area contributed by atoms with Crippen molar-refractivity contribution in [1.29, 1.82) is 5.26 Å². The third kappa shape index (κ3) is 2.86. The van der Waals surface area contributed by atoms with Crippen LogP contribution in [0.25, 0.3) is 17.7 Å². The van der Waals surface area contributed by atoms with Gasteiger partial charge in [-0.3, -0.25) is 4.98 Å². The second-order valence-electron chi connectivity index (χ2n) is 6.71. The van der Waals surface area contributed by atoms with Gasteiger partial charge in [-0.2, -0.15) is 5.26 Å². The first kappa shape index (κ1) is 16.4. The van der Waals surface area contributed by atoms with Crippen molar-refractivity contribution in [2.45, 2.75) is 31.3 Å². The van der Waals surface area contributed by atoms with Crippen LogP contribution < -0.4 is 9.47 Å². The summed E-state index contributed by atoms with van der Waals surface area (Å²) >= 11 is 0. The first-order valence-electron chi connectivity index (χ1n) is 8.86. The molecule has 2 aliphatic rings. The Hall–Kier alpha value is -3.06. The van der Waals surface area contributed by atoms with Gasteiger partial charge in [-0.1, -0.05) is 12.1 Å². The topological polar surface area (TPSA) is 55.1 Å². The number of aromatic nitrogens is 1. The molecule has 0 unspecified atom stereocenters. The normalized spacial score (nSPS) is 17.5. The third-order valence-corrected chi connectivity index (χ3v) is 5.13.